The Balaban J connectivity index is 1.63. The number of nitrogens with two attached hydrogens (primary N) is 1. The van der Waals surface area contributed by atoms with E-state index in [4.69, 9.17) is 20.5 Å². The Morgan fingerprint density at radius 1 is 1.29 bits per heavy atom. The molecule has 1 fully saturated rings. The number of carbonyl (C=O) groups is 1. The fraction of sp³-hybridized carbons (Fsp3) is 0.348. The van der Waals surface area contributed by atoms with Crippen LogP contribution in [0.2, 0.25) is 0 Å². The van der Waals surface area contributed by atoms with Gasteiger partial charge in [0, 0.05) is 24.8 Å². The van der Waals surface area contributed by atoms with Crippen molar-refractivity contribution >= 4 is 11.9 Å². The summed E-state index contributed by atoms with van der Waals surface area (Å²) in [4.78, 5) is 28.9. The Morgan fingerprint density at radius 2 is 2.03 bits per heavy atom. The maximum atomic E-state index is 13.5. The number of carbonyl (C=O) groups excluding carboxylic acids is 1. The summed E-state index contributed by atoms with van der Waals surface area (Å²) in [6, 6.07) is 9.55. The lowest BCUT2D eigenvalue weighted by atomic mass is 9.91. The zero-order valence-electron chi connectivity index (χ0n) is 19.0. The van der Waals surface area contributed by atoms with E-state index in [-0.39, 0.29) is 37.4 Å². The van der Waals surface area contributed by atoms with E-state index >= 15 is 0 Å². The van der Waals surface area contributed by atoms with Crippen LogP contribution >= 0.6 is 0 Å². The Kier molecular flexibility index (Phi) is 7.31. The number of nitrogens with zero attached hydrogens (tertiary/aromatic N) is 4. The number of halogens is 1. The summed E-state index contributed by atoms with van der Waals surface area (Å²) in [7, 11) is 0. The molecule has 0 radical (unpaired) electrons. The van der Waals surface area contributed by atoms with Gasteiger partial charge < -0.3 is 30.8 Å². The van der Waals surface area contributed by atoms with Crippen molar-refractivity contribution in [1.82, 2.24) is 25.3 Å². The Hall–Kier alpha value is -3.92. The van der Waals surface area contributed by atoms with Gasteiger partial charge in [0.1, 0.15) is 12.4 Å². The van der Waals surface area contributed by atoms with Crippen LogP contribution in [0.5, 0.6) is 0 Å². The molecule has 0 bridgehead atoms. The number of rotatable bonds is 8. The van der Waals surface area contributed by atoms with E-state index in [0.29, 0.717) is 41.6 Å². The number of H-pyrrole nitrogens is 1. The van der Waals surface area contributed by atoms with Crippen molar-refractivity contribution in [3.63, 3.8) is 0 Å². The zero-order valence-corrected chi connectivity index (χ0v) is 19.0. The fourth-order valence-corrected chi connectivity index (χ4v) is 3.50. The predicted octanol–water partition coefficient (Wildman–Crippen LogP) is 1.73. The van der Waals surface area contributed by atoms with Gasteiger partial charge in [-0.3, -0.25) is 4.79 Å². The van der Waals surface area contributed by atoms with Gasteiger partial charge >= 0.3 is 0 Å². The molecule has 0 unspecified atom stereocenters. The van der Waals surface area contributed by atoms with E-state index in [1.165, 1.54) is 12.1 Å². The topological polar surface area (TPSA) is 164 Å². The lowest BCUT2D eigenvalue weighted by molar-refractivity contribution is -0.231. The third-order valence-electron chi connectivity index (χ3n) is 5.38. The van der Waals surface area contributed by atoms with Gasteiger partial charge in [0.2, 0.25) is 18.1 Å². The summed E-state index contributed by atoms with van der Waals surface area (Å²) < 4.78 is 25.3. The standard InChI is InChI=1S/C23H25FN8O3/c1-23(21(33)27-10-7-25)12-34-20(35-13-23)19-31-17(14-2-4-15(24)5-3-14)18(32-19)16-6-9-28-22(30-16)29-11-8-26/h2-6,9,20H,7,10-13,25H2,1H3,(H,27,33)(H,31,32)(H,28,29,30). The minimum Gasteiger partial charge on any atom is -0.354 e. The highest BCUT2D eigenvalue weighted by atomic mass is 19.1. The van der Waals surface area contributed by atoms with Crippen molar-refractivity contribution < 1.29 is 18.7 Å². The first kappa shape index (κ1) is 24.2. The van der Waals surface area contributed by atoms with Gasteiger partial charge in [-0.25, -0.2) is 19.3 Å². The molecule has 11 nitrogen and oxygen atoms in total. The van der Waals surface area contributed by atoms with Crippen molar-refractivity contribution in [1.29, 1.82) is 5.26 Å². The summed E-state index contributed by atoms with van der Waals surface area (Å²) >= 11 is 0. The number of imidazole rings is 1. The van der Waals surface area contributed by atoms with Crippen molar-refractivity contribution in [2.75, 3.05) is 38.2 Å². The number of nitrogens with one attached hydrogen (secondary N) is 3. The van der Waals surface area contributed by atoms with Crippen LogP contribution in [0.25, 0.3) is 22.6 Å². The van der Waals surface area contributed by atoms with Gasteiger partial charge in [0.15, 0.2) is 5.82 Å². The van der Waals surface area contributed by atoms with Crippen LogP contribution in [0.3, 0.4) is 0 Å². The van der Waals surface area contributed by atoms with Gasteiger partial charge in [-0.15, -0.1) is 0 Å². The van der Waals surface area contributed by atoms with Crippen molar-refractivity contribution in [3.8, 4) is 28.7 Å². The van der Waals surface area contributed by atoms with Crippen molar-refractivity contribution in [2.45, 2.75) is 13.2 Å². The van der Waals surface area contributed by atoms with E-state index in [9.17, 15) is 9.18 Å². The highest BCUT2D eigenvalue weighted by Crippen LogP contribution is 2.35. The number of benzene rings is 1. The molecule has 1 aliphatic heterocycles. The highest BCUT2D eigenvalue weighted by Gasteiger charge is 2.40. The van der Waals surface area contributed by atoms with Crippen LogP contribution < -0.4 is 16.4 Å². The lowest BCUT2D eigenvalue weighted by Gasteiger charge is -2.35. The molecule has 35 heavy (non-hydrogen) atoms. The molecule has 1 saturated heterocycles. The third kappa shape index (κ3) is 5.43. The first-order valence-electron chi connectivity index (χ1n) is 10.9. The minimum atomic E-state index is -0.866. The second kappa shape index (κ2) is 10.6. The summed E-state index contributed by atoms with van der Waals surface area (Å²) in [6.07, 6.45) is 0.701. The molecule has 5 N–H and O–H groups in total. The van der Waals surface area contributed by atoms with Crippen LogP contribution in [0.15, 0.2) is 36.5 Å². The molecule has 0 saturated carbocycles. The molecule has 1 aliphatic rings. The molecule has 2 aromatic heterocycles. The molecule has 0 spiro atoms. The summed E-state index contributed by atoms with van der Waals surface area (Å²) in [5.74, 6) is 0.0673. The second-order valence-electron chi connectivity index (χ2n) is 8.19. The van der Waals surface area contributed by atoms with Crippen LogP contribution in [-0.2, 0) is 14.3 Å². The number of hydrogen-bond donors (Lipinski definition) is 4. The highest BCUT2D eigenvalue weighted by molar-refractivity contribution is 5.82. The van der Waals surface area contributed by atoms with E-state index in [1.807, 2.05) is 6.07 Å². The Labute approximate surface area is 200 Å². The fourth-order valence-electron chi connectivity index (χ4n) is 3.50. The van der Waals surface area contributed by atoms with E-state index in [2.05, 4.69) is 30.6 Å². The number of ether oxygens (including phenoxy) is 2. The average molecular weight is 481 g/mol. The maximum Gasteiger partial charge on any atom is 0.230 e. The van der Waals surface area contributed by atoms with Crippen LogP contribution in [0.4, 0.5) is 10.3 Å². The summed E-state index contributed by atoms with van der Waals surface area (Å²) in [5, 5.41) is 14.4. The molecule has 4 rings (SSSR count). The number of hydrogen-bond acceptors (Lipinski definition) is 9. The first-order valence-corrected chi connectivity index (χ1v) is 10.9. The molecule has 0 atom stereocenters. The average Bonchev–Trinajstić information content (AvgIpc) is 3.32. The molecule has 3 heterocycles. The van der Waals surface area contributed by atoms with Gasteiger partial charge in [0.05, 0.1) is 41.8 Å². The van der Waals surface area contributed by atoms with Gasteiger partial charge in [-0.2, -0.15) is 5.26 Å². The van der Waals surface area contributed by atoms with Gasteiger partial charge in [-0.05, 0) is 37.3 Å². The largest absolute Gasteiger partial charge is 0.354 e. The molecule has 12 heteroatoms. The molecular formula is C23H25FN8O3. The Bertz CT molecular complexity index is 1220. The number of aromatic nitrogens is 4. The zero-order chi connectivity index (χ0) is 24.8. The molecule has 1 aromatic carbocycles. The van der Waals surface area contributed by atoms with E-state index < -0.39 is 11.7 Å². The third-order valence-corrected chi connectivity index (χ3v) is 5.38. The second-order valence-corrected chi connectivity index (χ2v) is 8.19. The Morgan fingerprint density at radius 3 is 2.71 bits per heavy atom. The van der Waals surface area contributed by atoms with Crippen LogP contribution in [0, 0.1) is 22.6 Å². The summed E-state index contributed by atoms with van der Waals surface area (Å²) in [5.41, 5.74) is 6.79. The quantitative estimate of drug-likeness (QED) is 0.352. The molecule has 1 amide bonds. The number of nitriles is 1. The number of amides is 1. The van der Waals surface area contributed by atoms with Crippen molar-refractivity contribution in [3.05, 3.63) is 48.2 Å². The lowest BCUT2D eigenvalue weighted by Crippen LogP contribution is -2.49. The van der Waals surface area contributed by atoms with E-state index in [0.717, 1.165) is 0 Å². The molecule has 0 aliphatic carbocycles. The van der Waals surface area contributed by atoms with E-state index in [1.54, 1.807) is 31.3 Å². The van der Waals surface area contributed by atoms with Crippen LogP contribution in [-0.4, -0.2) is 58.7 Å². The number of aromatic amines is 1. The van der Waals surface area contributed by atoms with Gasteiger partial charge in [0.25, 0.3) is 0 Å². The van der Waals surface area contributed by atoms with Gasteiger partial charge in [-0.1, -0.05) is 0 Å². The summed E-state index contributed by atoms with van der Waals surface area (Å²) in [6.45, 7) is 2.74. The molecular weight excluding hydrogens is 455 g/mol. The minimum absolute atomic E-state index is 0.0455. The SMILES string of the molecule is CC1(C(=O)NCCN)COC(c2nc(-c3ccc(F)cc3)c(-c3ccnc(NCC#N)n3)[nH]2)OC1. The molecule has 182 valence electrons. The monoisotopic (exact) mass is 480 g/mol. The first-order chi connectivity index (χ1) is 16.9. The maximum absolute atomic E-state index is 13.5. The van der Waals surface area contributed by atoms with Crippen molar-refractivity contribution in [2.24, 2.45) is 11.1 Å². The van der Waals surface area contributed by atoms with Crippen LogP contribution in [0.1, 0.15) is 19.0 Å². The normalized spacial score (nSPS) is 19.7. The predicted molar refractivity (Wildman–Crippen MR) is 124 cm³/mol. The smallest absolute Gasteiger partial charge is 0.230 e. The molecule has 3 aromatic rings. The number of anilines is 1.